The van der Waals surface area contributed by atoms with Gasteiger partial charge < -0.3 is 14.8 Å². The molecule has 31 heavy (non-hydrogen) atoms. The Morgan fingerprint density at radius 1 is 1.00 bits per heavy atom. The van der Waals surface area contributed by atoms with E-state index in [-0.39, 0.29) is 18.9 Å². The van der Waals surface area contributed by atoms with Crippen LogP contribution in [0.1, 0.15) is 59.5 Å². The van der Waals surface area contributed by atoms with Crippen molar-refractivity contribution in [1.82, 2.24) is 5.32 Å². The Morgan fingerprint density at radius 3 is 2.45 bits per heavy atom. The number of carbonyl (C=O) groups is 3. The van der Waals surface area contributed by atoms with Gasteiger partial charge in [-0.25, -0.2) is 4.79 Å². The van der Waals surface area contributed by atoms with E-state index in [4.69, 9.17) is 9.47 Å². The number of fused-ring (bicyclic) bond motifs is 1. The van der Waals surface area contributed by atoms with Gasteiger partial charge in [-0.3, -0.25) is 14.9 Å². The predicted octanol–water partition coefficient (Wildman–Crippen LogP) is 4.48. The summed E-state index contributed by atoms with van der Waals surface area (Å²) < 4.78 is 10.3. The highest BCUT2D eigenvalue weighted by atomic mass is 32.1. The molecule has 0 bridgehead atoms. The van der Waals surface area contributed by atoms with E-state index in [2.05, 4.69) is 10.6 Å². The fourth-order valence-electron chi connectivity index (χ4n) is 3.62. The molecule has 7 nitrogen and oxygen atoms in total. The predicted molar refractivity (Wildman–Crippen MR) is 120 cm³/mol. The maximum Gasteiger partial charge on any atom is 0.414 e. The van der Waals surface area contributed by atoms with Crippen LogP contribution in [0.5, 0.6) is 5.75 Å². The van der Waals surface area contributed by atoms with E-state index in [1.807, 2.05) is 31.2 Å². The number of hydrogen-bond acceptors (Lipinski definition) is 6. The molecule has 0 radical (unpaired) electrons. The van der Waals surface area contributed by atoms with Crippen LogP contribution < -0.4 is 15.4 Å². The summed E-state index contributed by atoms with van der Waals surface area (Å²) >= 11 is 1.43. The zero-order valence-corrected chi connectivity index (χ0v) is 18.7. The molecule has 166 valence electrons. The summed E-state index contributed by atoms with van der Waals surface area (Å²) in [5, 5.41) is 5.67. The van der Waals surface area contributed by atoms with Gasteiger partial charge in [-0.15, -0.1) is 11.3 Å². The summed E-state index contributed by atoms with van der Waals surface area (Å²) in [6.45, 7) is 4.35. The Balaban J connectivity index is 1.78. The van der Waals surface area contributed by atoms with Gasteiger partial charge in [0.15, 0.2) is 0 Å². The third-order valence-corrected chi connectivity index (χ3v) is 6.20. The third kappa shape index (κ3) is 6.07. The maximum absolute atomic E-state index is 12.9. The molecule has 1 aromatic carbocycles. The van der Waals surface area contributed by atoms with Crippen molar-refractivity contribution in [3.8, 4) is 5.75 Å². The summed E-state index contributed by atoms with van der Waals surface area (Å²) in [4.78, 5) is 38.5. The maximum atomic E-state index is 12.9. The fourth-order valence-corrected chi connectivity index (χ4v) is 4.92. The zero-order valence-electron chi connectivity index (χ0n) is 17.9. The van der Waals surface area contributed by atoms with Crippen LogP contribution in [-0.2, 0) is 28.8 Å². The summed E-state index contributed by atoms with van der Waals surface area (Å²) in [7, 11) is 0. The number of anilines is 1. The molecule has 0 unspecified atom stereocenters. The van der Waals surface area contributed by atoms with Crippen LogP contribution in [0.15, 0.2) is 24.3 Å². The Morgan fingerprint density at radius 2 is 1.74 bits per heavy atom. The quantitative estimate of drug-likeness (QED) is 0.614. The number of carbonyl (C=O) groups excluding carboxylic acids is 3. The van der Waals surface area contributed by atoms with Crippen LogP contribution in [-0.4, -0.2) is 31.1 Å². The van der Waals surface area contributed by atoms with Gasteiger partial charge in [0, 0.05) is 4.88 Å². The molecule has 0 atom stereocenters. The first-order valence-corrected chi connectivity index (χ1v) is 11.5. The van der Waals surface area contributed by atoms with Gasteiger partial charge in [-0.1, -0.05) is 18.6 Å². The van der Waals surface area contributed by atoms with E-state index in [0.717, 1.165) is 53.9 Å². The van der Waals surface area contributed by atoms with Gasteiger partial charge in [0.25, 0.3) is 5.91 Å². The number of alkyl carbamates (subject to hydrolysis) is 1. The van der Waals surface area contributed by atoms with E-state index in [1.54, 1.807) is 6.92 Å². The molecule has 1 aliphatic carbocycles. The van der Waals surface area contributed by atoms with E-state index < -0.39 is 12.0 Å². The van der Waals surface area contributed by atoms with Crippen molar-refractivity contribution in [2.75, 3.05) is 18.5 Å². The first-order valence-electron chi connectivity index (χ1n) is 10.7. The second-order valence-corrected chi connectivity index (χ2v) is 8.35. The second-order valence-electron chi connectivity index (χ2n) is 7.25. The zero-order chi connectivity index (χ0) is 22.2. The molecule has 2 N–H and O–H groups in total. The minimum atomic E-state index is -0.785. The smallest absolute Gasteiger partial charge is 0.414 e. The molecule has 8 heteroatoms. The van der Waals surface area contributed by atoms with Crippen molar-refractivity contribution in [2.45, 2.75) is 52.4 Å². The van der Waals surface area contributed by atoms with Crippen LogP contribution in [0, 0.1) is 0 Å². The van der Waals surface area contributed by atoms with Gasteiger partial charge in [-0.05, 0) is 62.8 Å². The molecular weight excluding hydrogens is 416 g/mol. The Hall–Kier alpha value is -2.87. The number of thiophene rings is 1. The first-order chi connectivity index (χ1) is 15.0. The number of nitrogens with one attached hydrogen (secondary N) is 2. The molecule has 1 aliphatic rings. The summed E-state index contributed by atoms with van der Waals surface area (Å²) in [5.74, 6) is 0.00606. The molecule has 3 amide bonds. The van der Waals surface area contributed by atoms with Crippen LogP contribution >= 0.6 is 11.3 Å². The lowest BCUT2D eigenvalue weighted by atomic mass is 10.0. The molecule has 0 spiro atoms. The van der Waals surface area contributed by atoms with Crippen molar-refractivity contribution in [3.05, 3.63) is 45.8 Å². The monoisotopic (exact) mass is 444 g/mol. The standard InChI is InChI=1S/C23H28N2O5S/c1-3-29-16-12-10-15(11-13-16)14-19(26)24-22-20(21(27)25-23(28)30-4-2)17-8-6-5-7-9-18(17)31-22/h10-13H,3-9,14H2,1-2H3,(H,24,26)(H,25,27,28). The van der Waals surface area contributed by atoms with Gasteiger partial charge in [-0.2, -0.15) is 0 Å². The SMILES string of the molecule is CCOC(=O)NC(=O)c1c(NC(=O)Cc2ccc(OCC)cc2)sc2c1CCCCC2. The van der Waals surface area contributed by atoms with Crippen LogP contribution in [0.25, 0.3) is 0 Å². The summed E-state index contributed by atoms with van der Waals surface area (Å²) in [6, 6.07) is 7.36. The lowest BCUT2D eigenvalue weighted by Gasteiger charge is -2.10. The summed E-state index contributed by atoms with van der Waals surface area (Å²) in [5.41, 5.74) is 2.16. The summed E-state index contributed by atoms with van der Waals surface area (Å²) in [6.07, 6.45) is 4.14. The Kier molecular flexibility index (Phi) is 8.06. The fraction of sp³-hybridized carbons (Fsp3) is 0.435. The lowest BCUT2D eigenvalue weighted by molar-refractivity contribution is -0.115. The first kappa shape index (κ1) is 22.8. The van der Waals surface area contributed by atoms with E-state index in [1.165, 1.54) is 11.3 Å². The van der Waals surface area contributed by atoms with Crippen molar-refractivity contribution >= 4 is 34.2 Å². The Labute approximate surface area is 186 Å². The van der Waals surface area contributed by atoms with Gasteiger partial charge >= 0.3 is 6.09 Å². The average molecular weight is 445 g/mol. The van der Waals surface area contributed by atoms with Crippen LogP contribution in [0.2, 0.25) is 0 Å². The number of ether oxygens (including phenoxy) is 2. The molecule has 3 rings (SSSR count). The van der Waals surface area contributed by atoms with Crippen molar-refractivity contribution in [1.29, 1.82) is 0 Å². The molecule has 0 aliphatic heterocycles. The highest BCUT2D eigenvalue weighted by Gasteiger charge is 2.27. The number of imide groups is 1. The molecular formula is C23H28N2O5S. The number of hydrogen-bond donors (Lipinski definition) is 2. The normalized spacial score (nSPS) is 13.0. The minimum Gasteiger partial charge on any atom is -0.494 e. The second kappa shape index (κ2) is 10.9. The molecule has 2 aromatic rings. The van der Waals surface area contributed by atoms with Gasteiger partial charge in [0.2, 0.25) is 5.91 Å². The van der Waals surface area contributed by atoms with Crippen LogP contribution in [0.3, 0.4) is 0 Å². The lowest BCUT2D eigenvalue weighted by Crippen LogP contribution is -2.32. The van der Waals surface area contributed by atoms with Crippen molar-refractivity contribution in [3.63, 3.8) is 0 Å². The number of aryl methyl sites for hydroxylation is 1. The molecule has 1 heterocycles. The van der Waals surface area contributed by atoms with E-state index in [9.17, 15) is 14.4 Å². The molecule has 0 saturated carbocycles. The molecule has 0 saturated heterocycles. The molecule has 1 aromatic heterocycles. The van der Waals surface area contributed by atoms with Gasteiger partial charge in [0.05, 0.1) is 25.2 Å². The minimum absolute atomic E-state index is 0.173. The number of amides is 3. The largest absolute Gasteiger partial charge is 0.494 e. The number of benzene rings is 1. The third-order valence-electron chi connectivity index (χ3n) is 4.99. The number of rotatable bonds is 7. The van der Waals surface area contributed by atoms with E-state index in [0.29, 0.717) is 17.2 Å². The van der Waals surface area contributed by atoms with Crippen molar-refractivity contribution in [2.24, 2.45) is 0 Å². The van der Waals surface area contributed by atoms with Gasteiger partial charge in [0.1, 0.15) is 10.8 Å². The van der Waals surface area contributed by atoms with Crippen LogP contribution in [0.4, 0.5) is 9.80 Å². The van der Waals surface area contributed by atoms with E-state index >= 15 is 0 Å². The average Bonchev–Trinajstić information content (AvgIpc) is 2.90. The highest BCUT2D eigenvalue weighted by molar-refractivity contribution is 7.17. The van der Waals surface area contributed by atoms with Crippen molar-refractivity contribution < 1.29 is 23.9 Å². The highest BCUT2D eigenvalue weighted by Crippen LogP contribution is 2.37. The Bertz CT molecular complexity index is 936. The molecule has 0 fully saturated rings. The topological polar surface area (TPSA) is 93.7 Å².